The van der Waals surface area contributed by atoms with E-state index in [1.165, 1.54) is 24.3 Å². The molecule has 1 atom stereocenters. The van der Waals surface area contributed by atoms with Crippen LogP contribution >= 0.6 is 0 Å². The number of alkyl halides is 2. The Bertz CT molecular complexity index is 537. The zero-order valence-electron chi connectivity index (χ0n) is 12.0. The molecule has 2 amide bonds. The largest absolute Gasteiger partial charge is 0.435 e. The number of amides is 2. The molecule has 6 nitrogen and oxygen atoms in total. The molecule has 0 unspecified atom stereocenters. The van der Waals surface area contributed by atoms with Crippen LogP contribution in [-0.2, 0) is 9.59 Å². The third-order valence-corrected chi connectivity index (χ3v) is 3.34. The van der Waals surface area contributed by atoms with E-state index in [-0.39, 0.29) is 24.1 Å². The van der Waals surface area contributed by atoms with Crippen LogP contribution in [0, 0.1) is 0 Å². The molecule has 0 spiro atoms. The van der Waals surface area contributed by atoms with E-state index >= 15 is 0 Å². The quantitative estimate of drug-likeness (QED) is 0.852. The summed E-state index contributed by atoms with van der Waals surface area (Å²) in [5.41, 5.74) is 0.472. The molecule has 0 saturated carbocycles. The molecule has 1 aliphatic rings. The van der Waals surface area contributed by atoms with Crippen molar-refractivity contribution in [2.75, 3.05) is 25.0 Å². The van der Waals surface area contributed by atoms with Gasteiger partial charge in [-0.05, 0) is 31.2 Å². The van der Waals surface area contributed by atoms with Crippen molar-refractivity contribution in [3.63, 3.8) is 0 Å². The number of rotatable bonds is 5. The Morgan fingerprint density at radius 3 is 2.64 bits per heavy atom. The van der Waals surface area contributed by atoms with Gasteiger partial charge in [0, 0.05) is 18.8 Å². The van der Waals surface area contributed by atoms with Crippen LogP contribution in [0.1, 0.15) is 6.92 Å². The highest BCUT2D eigenvalue weighted by Gasteiger charge is 2.25. The summed E-state index contributed by atoms with van der Waals surface area (Å²) < 4.78 is 28.3. The minimum Gasteiger partial charge on any atom is -0.435 e. The lowest BCUT2D eigenvalue weighted by molar-refractivity contribution is -0.127. The molecule has 1 aromatic carbocycles. The van der Waals surface area contributed by atoms with Gasteiger partial charge in [-0.15, -0.1) is 0 Å². The molecule has 2 N–H and O–H groups in total. The monoisotopic (exact) mass is 313 g/mol. The summed E-state index contributed by atoms with van der Waals surface area (Å²) in [6.07, 6.45) is 0. The average molecular weight is 313 g/mol. The van der Waals surface area contributed by atoms with E-state index in [1.807, 2.05) is 0 Å². The molecule has 1 heterocycles. The first-order valence-corrected chi connectivity index (χ1v) is 6.82. The van der Waals surface area contributed by atoms with E-state index in [4.69, 9.17) is 0 Å². The van der Waals surface area contributed by atoms with Gasteiger partial charge in [0.05, 0.1) is 12.6 Å². The van der Waals surface area contributed by atoms with E-state index in [9.17, 15) is 18.4 Å². The molecular weight excluding hydrogens is 296 g/mol. The maximum absolute atomic E-state index is 12.1. The number of benzene rings is 1. The fourth-order valence-corrected chi connectivity index (χ4v) is 2.12. The second-order valence-electron chi connectivity index (χ2n) is 4.89. The first-order chi connectivity index (χ1) is 10.5. The van der Waals surface area contributed by atoms with E-state index in [2.05, 4.69) is 15.4 Å². The summed E-state index contributed by atoms with van der Waals surface area (Å²) in [5, 5.41) is 5.37. The smallest absolute Gasteiger partial charge is 0.387 e. The molecule has 0 aromatic heterocycles. The van der Waals surface area contributed by atoms with Gasteiger partial charge in [-0.1, -0.05) is 0 Å². The lowest BCUT2D eigenvalue weighted by atomic mass is 10.2. The molecular formula is C14H17F2N3O3. The van der Waals surface area contributed by atoms with Gasteiger partial charge in [-0.3, -0.25) is 14.5 Å². The van der Waals surface area contributed by atoms with Gasteiger partial charge in [0.15, 0.2) is 0 Å². The molecule has 8 heteroatoms. The Labute approximate surface area is 126 Å². The van der Waals surface area contributed by atoms with Crippen LogP contribution in [0.2, 0.25) is 0 Å². The van der Waals surface area contributed by atoms with Crippen LogP contribution in [0.3, 0.4) is 0 Å². The van der Waals surface area contributed by atoms with E-state index in [0.29, 0.717) is 18.8 Å². The summed E-state index contributed by atoms with van der Waals surface area (Å²) in [6, 6.07) is 5.18. The van der Waals surface area contributed by atoms with Crippen molar-refractivity contribution < 1.29 is 23.1 Å². The third kappa shape index (κ3) is 4.39. The lowest BCUT2D eigenvalue weighted by Crippen LogP contribution is -2.53. The average Bonchev–Trinajstić information content (AvgIpc) is 2.48. The Kier molecular flexibility index (Phi) is 5.26. The highest BCUT2D eigenvalue weighted by Crippen LogP contribution is 2.18. The molecule has 22 heavy (non-hydrogen) atoms. The van der Waals surface area contributed by atoms with Gasteiger partial charge in [0.1, 0.15) is 5.75 Å². The van der Waals surface area contributed by atoms with Crippen molar-refractivity contribution in [1.82, 2.24) is 10.2 Å². The van der Waals surface area contributed by atoms with E-state index < -0.39 is 12.7 Å². The first-order valence-electron chi connectivity index (χ1n) is 6.82. The Morgan fingerprint density at radius 1 is 1.36 bits per heavy atom. The predicted molar refractivity (Wildman–Crippen MR) is 75.7 cm³/mol. The fraction of sp³-hybridized carbons (Fsp3) is 0.429. The van der Waals surface area contributed by atoms with Crippen LogP contribution in [-0.4, -0.2) is 49.0 Å². The van der Waals surface area contributed by atoms with Crippen molar-refractivity contribution in [2.24, 2.45) is 0 Å². The normalized spacial score (nSPS) is 17.0. The molecule has 1 aromatic rings. The maximum atomic E-state index is 12.1. The lowest BCUT2D eigenvalue weighted by Gasteiger charge is -2.31. The fourth-order valence-electron chi connectivity index (χ4n) is 2.12. The Morgan fingerprint density at radius 2 is 2.05 bits per heavy atom. The van der Waals surface area contributed by atoms with Crippen molar-refractivity contribution in [3.05, 3.63) is 24.3 Å². The molecule has 0 radical (unpaired) electrons. The number of ether oxygens (including phenoxy) is 1. The second-order valence-corrected chi connectivity index (χ2v) is 4.89. The molecule has 0 aliphatic carbocycles. The highest BCUT2D eigenvalue weighted by molar-refractivity contribution is 5.95. The Hall–Kier alpha value is -2.22. The van der Waals surface area contributed by atoms with Gasteiger partial charge < -0.3 is 15.4 Å². The zero-order valence-corrected chi connectivity index (χ0v) is 12.0. The minimum atomic E-state index is -2.88. The molecule has 0 bridgehead atoms. The number of piperazine rings is 1. The van der Waals surface area contributed by atoms with Gasteiger partial charge in [-0.25, -0.2) is 0 Å². The maximum Gasteiger partial charge on any atom is 0.387 e. The Balaban J connectivity index is 1.91. The van der Waals surface area contributed by atoms with Crippen molar-refractivity contribution in [2.45, 2.75) is 19.6 Å². The topological polar surface area (TPSA) is 70.7 Å². The summed E-state index contributed by atoms with van der Waals surface area (Å²) >= 11 is 0. The molecule has 1 fully saturated rings. The standard InChI is InChI=1S/C14H17F2N3O3/c1-9(19-7-6-17-12(20)8-19)13(21)18-10-2-4-11(5-3-10)22-14(15)16/h2-5,9,14H,6-8H2,1H3,(H,17,20)(H,18,21)/t9-/m0/s1. The number of carbonyl (C=O) groups excluding carboxylic acids is 2. The van der Waals surface area contributed by atoms with Crippen LogP contribution in [0.15, 0.2) is 24.3 Å². The van der Waals surface area contributed by atoms with Crippen LogP contribution < -0.4 is 15.4 Å². The summed E-state index contributed by atoms with van der Waals surface area (Å²) in [6.45, 7) is 0.112. The van der Waals surface area contributed by atoms with Crippen LogP contribution in [0.4, 0.5) is 14.5 Å². The third-order valence-electron chi connectivity index (χ3n) is 3.34. The number of carbonyl (C=O) groups is 2. The molecule has 1 aliphatic heterocycles. The van der Waals surface area contributed by atoms with Crippen molar-refractivity contribution in [3.8, 4) is 5.75 Å². The first kappa shape index (κ1) is 16.2. The zero-order chi connectivity index (χ0) is 16.1. The second kappa shape index (κ2) is 7.17. The summed E-state index contributed by atoms with van der Waals surface area (Å²) in [4.78, 5) is 25.2. The van der Waals surface area contributed by atoms with Gasteiger partial charge in [0.2, 0.25) is 11.8 Å². The number of halogens is 2. The number of nitrogens with zero attached hydrogens (tertiary/aromatic N) is 1. The number of anilines is 1. The minimum absolute atomic E-state index is 0.0220. The summed E-state index contributed by atoms with van der Waals surface area (Å²) in [5.74, 6) is -0.356. The number of hydrogen-bond donors (Lipinski definition) is 2. The van der Waals surface area contributed by atoms with Gasteiger partial charge in [-0.2, -0.15) is 8.78 Å². The van der Waals surface area contributed by atoms with Gasteiger partial charge >= 0.3 is 6.61 Å². The van der Waals surface area contributed by atoms with Crippen molar-refractivity contribution >= 4 is 17.5 Å². The number of nitrogens with one attached hydrogen (secondary N) is 2. The highest BCUT2D eigenvalue weighted by atomic mass is 19.3. The molecule has 1 saturated heterocycles. The predicted octanol–water partition coefficient (Wildman–Crippen LogP) is 1.05. The van der Waals surface area contributed by atoms with E-state index in [1.54, 1.807) is 11.8 Å². The van der Waals surface area contributed by atoms with Crippen LogP contribution in [0.5, 0.6) is 5.75 Å². The SMILES string of the molecule is C[C@@H](C(=O)Nc1ccc(OC(F)F)cc1)N1CCNC(=O)C1. The van der Waals surface area contributed by atoms with Crippen molar-refractivity contribution in [1.29, 1.82) is 0 Å². The summed E-state index contributed by atoms with van der Waals surface area (Å²) in [7, 11) is 0. The molecule has 120 valence electrons. The van der Waals surface area contributed by atoms with Crippen LogP contribution in [0.25, 0.3) is 0 Å². The number of hydrogen-bond acceptors (Lipinski definition) is 4. The molecule has 2 rings (SSSR count). The van der Waals surface area contributed by atoms with Gasteiger partial charge in [0.25, 0.3) is 0 Å². The van der Waals surface area contributed by atoms with E-state index in [0.717, 1.165) is 0 Å².